The maximum atomic E-state index is 13.1. The standard InChI is InChI=1S/C26H32ClN3O6/c1-5-15-10-13(2)29-24(32)19(15)12-28-23(31)18-11-20(27)22-21(14(18)3)35-26(4,36-22)16-6-8-17(9-7-16)30-25(33)34/h10-11,16-17,30H,5-9,12H2,1-4H3,(H,28,31)(H,29,32)(H,33,34)/t16-,17-,26?. The first-order valence-electron chi connectivity index (χ1n) is 12.2. The van der Waals surface area contributed by atoms with Crippen molar-refractivity contribution in [3.05, 3.63) is 55.5 Å². The zero-order chi connectivity index (χ0) is 26.2. The average Bonchev–Trinajstić information content (AvgIpc) is 3.20. The number of pyridine rings is 1. The van der Waals surface area contributed by atoms with Gasteiger partial charge in [0.1, 0.15) is 0 Å². The fourth-order valence-electron chi connectivity index (χ4n) is 5.24. The van der Waals surface area contributed by atoms with Crippen LogP contribution >= 0.6 is 11.6 Å². The first kappa shape index (κ1) is 25.9. The number of rotatable bonds is 6. The van der Waals surface area contributed by atoms with Crippen molar-refractivity contribution in [2.24, 2.45) is 5.92 Å². The second-order valence-corrected chi connectivity index (χ2v) is 10.1. The second kappa shape index (κ2) is 10.0. The number of ether oxygens (including phenoxy) is 2. The van der Waals surface area contributed by atoms with Gasteiger partial charge in [0, 0.05) is 47.8 Å². The summed E-state index contributed by atoms with van der Waals surface area (Å²) < 4.78 is 12.5. The smallest absolute Gasteiger partial charge is 0.404 e. The van der Waals surface area contributed by atoms with Gasteiger partial charge in [-0.15, -0.1) is 0 Å². The summed E-state index contributed by atoms with van der Waals surface area (Å²) in [6, 6.07) is 3.40. The number of hydrogen-bond acceptors (Lipinski definition) is 5. The van der Waals surface area contributed by atoms with E-state index in [0.29, 0.717) is 47.5 Å². The Morgan fingerprint density at radius 2 is 1.83 bits per heavy atom. The third-order valence-corrected chi connectivity index (χ3v) is 7.54. The summed E-state index contributed by atoms with van der Waals surface area (Å²) in [4.78, 5) is 39.3. The second-order valence-electron chi connectivity index (χ2n) is 9.73. The molecular formula is C26H32ClN3O6. The normalized spacial score (nSPS) is 22.8. The number of fused-ring (bicyclic) bond motifs is 1. The molecule has 1 aromatic heterocycles. The van der Waals surface area contributed by atoms with E-state index in [1.165, 1.54) is 0 Å². The highest BCUT2D eigenvalue weighted by Gasteiger charge is 2.47. The number of nitrogens with one attached hydrogen (secondary N) is 3. The van der Waals surface area contributed by atoms with Gasteiger partial charge in [-0.3, -0.25) is 9.59 Å². The highest BCUT2D eigenvalue weighted by atomic mass is 35.5. The summed E-state index contributed by atoms with van der Waals surface area (Å²) in [6.45, 7) is 7.52. The number of H-pyrrole nitrogens is 1. The molecule has 4 rings (SSSR count). The molecule has 0 bridgehead atoms. The fourth-order valence-corrected chi connectivity index (χ4v) is 5.48. The zero-order valence-corrected chi connectivity index (χ0v) is 21.7. The Hall–Kier alpha value is -3.20. The van der Waals surface area contributed by atoms with Crippen molar-refractivity contribution in [2.75, 3.05) is 0 Å². The predicted molar refractivity (Wildman–Crippen MR) is 135 cm³/mol. The van der Waals surface area contributed by atoms with Gasteiger partial charge in [0.25, 0.3) is 17.3 Å². The summed E-state index contributed by atoms with van der Waals surface area (Å²) in [7, 11) is 0. The third kappa shape index (κ3) is 5.02. The Kier molecular flexibility index (Phi) is 7.22. The molecule has 0 spiro atoms. The van der Waals surface area contributed by atoms with Gasteiger partial charge in [0.15, 0.2) is 11.5 Å². The summed E-state index contributed by atoms with van der Waals surface area (Å²) in [5.41, 5.74) is 2.94. The number of aromatic nitrogens is 1. The lowest BCUT2D eigenvalue weighted by Gasteiger charge is -2.37. The number of benzene rings is 1. The first-order valence-corrected chi connectivity index (χ1v) is 12.6. The number of amides is 2. The van der Waals surface area contributed by atoms with Crippen LogP contribution in [-0.2, 0) is 13.0 Å². The van der Waals surface area contributed by atoms with Crippen molar-refractivity contribution >= 4 is 23.6 Å². The predicted octanol–water partition coefficient (Wildman–Crippen LogP) is 4.45. The number of aromatic amines is 1. The van der Waals surface area contributed by atoms with Gasteiger partial charge >= 0.3 is 6.09 Å². The van der Waals surface area contributed by atoms with E-state index in [-0.39, 0.29) is 35.0 Å². The van der Waals surface area contributed by atoms with E-state index >= 15 is 0 Å². The number of carboxylic acid groups (broad SMARTS) is 1. The van der Waals surface area contributed by atoms with E-state index in [1.54, 1.807) is 13.0 Å². The molecule has 1 aromatic carbocycles. The minimum Gasteiger partial charge on any atom is -0.465 e. The lowest BCUT2D eigenvalue weighted by Crippen LogP contribution is -2.47. The summed E-state index contributed by atoms with van der Waals surface area (Å²) >= 11 is 6.53. The Balaban J connectivity index is 1.50. The van der Waals surface area contributed by atoms with E-state index in [4.69, 9.17) is 26.2 Å². The van der Waals surface area contributed by atoms with Gasteiger partial charge in [-0.25, -0.2) is 4.79 Å². The van der Waals surface area contributed by atoms with Crippen LogP contribution in [0.4, 0.5) is 4.79 Å². The molecule has 1 atom stereocenters. The Labute approximate surface area is 214 Å². The quantitative estimate of drug-likeness (QED) is 0.448. The lowest BCUT2D eigenvalue weighted by molar-refractivity contribution is -0.121. The van der Waals surface area contributed by atoms with Crippen LogP contribution in [0.5, 0.6) is 11.5 Å². The summed E-state index contributed by atoms with van der Waals surface area (Å²) in [5.74, 6) is -0.460. The largest absolute Gasteiger partial charge is 0.465 e. The van der Waals surface area contributed by atoms with Gasteiger partial charge < -0.3 is 30.2 Å². The van der Waals surface area contributed by atoms with Crippen molar-refractivity contribution in [1.29, 1.82) is 0 Å². The van der Waals surface area contributed by atoms with Crippen LogP contribution in [0.2, 0.25) is 5.02 Å². The lowest BCUT2D eigenvalue weighted by atomic mass is 9.81. The van der Waals surface area contributed by atoms with Crippen molar-refractivity contribution < 1.29 is 24.2 Å². The minimum atomic E-state index is -1.02. The maximum Gasteiger partial charge on any atom is 0.404 e. The summed E-state index contributed by atoms with van der Waals surface area (Å²) in [6.07, 6.45) is 2.49. The van der Waals surface area contributed by atoms with Crippen LogP contribution in [0, 0.1) is 19.8 Å². The molecule has 36 heavy (non-hydrogen) atoms. The van der Waals surface area contributed by atoms with Crippen LogP contribution in [0.15, 0.2) is 16.9 Å². The average molecular weight is 518 g/mol. The molecule has 1 saturated carbocycles. The molecule has 1 aliphatic carbocycles. The first-order chi connectivity index (χ1) is 17.0. The van der Waals surface area contributed by atoms with Crippen molar-refractivity contribution in [3.63, 3.8) is 0 Å². The van der Waals surface area contributed by atoms with Crippen LogP contribution in [0.1, 0.15) is 72.3 Å². The fraction of sp³-hybridized carbons (Fsp3) is 0.500. The van der Waals surface area contributed by atoms with Gasteiger partial charge in [-0.05, 0) is 63.6 Å². The molecule has 0 saturated heterocycles. The van der Waals surface area contributed by atoms with Gasteiger partial charge in [0.05, 0.1) is 5.02 Å². The number of carbonyl (C=O) groups is 2. The number of halogens is 1. The molecule has 2 aliphatic rings. The molecule has 1 aliphatic heterocycles. The molecule has 1 fully saturated rings. The van der Waals surface area contributed by atoms with E-state index in [9.17, 15) is 14.4 Å². The number of hydrogen-bond donors (Lipinski definition) is 4. The van der Waals surface area contributed by atoms with Gasteiger partial charge in [-0.1, -0.05) is 18.5 Å². The molecule has 2 aromatic rings. The monoisotopic (exact) mass is 517 g/mol. The number of carbonyl (C=O) groups excluding carboxylic acids is 1. The molecule has 9 nitrogen and oxygen atoms in total. The Morgan fingerprint density at radius 3 is 2.47 bits per heavy atom. The molecule has 1 unspecified atom stereocenters. The minimum absolute atomic E-state index is 0.0326. The van der Waals surface area contributed by atoms with E-state index in [0.717, 1.165) is 24.1 Å². The molecular weight excluding hydrogens is 486 g/mol. The van der Waals surface area contributed by atoms with E-state index < -0.39 is 11.9 Å². The van der Waals surface area contributed by atoms with Crippen molar-refractivity contribution in [2.45, 2.75) is 78.2 Å². The molecule has 10 heteroatoms. The zero-order valence-electron chi connectivity index (χ0n) is 20.9. The van der Waals surface area contributed by atoms with Crippen molar-refractivity contribution in [1.82, 2.24) is 15.6 Å². The third-order valence-electron chi connectivity index (χ3n) is 7.26. The van der Waals surface area contributed by atoms with E-state index in [1.807, 2.05) is 26.8 Å². The van der Waals surface area contributed by atoms with Crippen LogP contribution in [-0.4, -0.2) is 33.9 Å². The van der Waals surface area contributed by atoms with Crippen LogP contribution < -0.4 is 25.7 Å². The highest BCUT2D eigenvalue weighted by Crippen LogP contribution is 2.51. The van der Waals surface area contributed by atoms with Crippen LogP contribution in [0.3, 0.4) is 0 Å². The SMILES string of the molecule is CCc1cc(C)[nH]c(=O)c1CNC(=O)c1cc(Cl)c2c(c1C)OC(C)([C@H]1CC[C@H](NC(=O)O)CC1)O2. The molecule has 194 valence electrons. The molecule has 0 radical (unpaired) electrons. The van der Waals surface area contributed by atoms with Crippen molar-refractivity contribution in [3.8, 4) is 11.5 Å². The topological polar surface area (TPSA) is 130 Å². The Bertz CT molecular complexity index is 1250. The van der Waals surface area contributed by atoms with Gasteiger partial charge in [-0.2, -0.15) is 0 Å². The summed E-state index contributed by atoms with van der Waals surface area (Å²) in [5, 5.41) is 14.6. The molecule has 2 amide bonds. The number of aryl methyl sites for hydroxylation is 2. The Morgan fingerprint density at radius 1 is 1.17 bits per heavy atom. The molecule has 4 N–H and O–H groups in total. The van der Waals surface area contributed by atoms with Crippen LogP contribution in [0.25, 0.3) is 0 Å². The maximum absolute atomic E-state index is 13.1. The highest BCUT2D eigenvalue weighted by molar-refractivity contribution is 6.33. The van der Waals surface area contributed by atoms with Gasteiger partial charge in [0.2, 0.25) is 0 Å². The molecule has 2 heterocycles. The van der Waals surface area contributed by atoms with E-state index in [2.05, 4.69) is 15.6 Å².